The average molecular weight is 290 g/mol. The van der Waals surface area contributed by atoms with Crippen LogP contribution in [0.4, 0.5) is 0 Å². The summed E-state index contributed by atoms with van der Waals surface area (Å²) in [6, 6.07) is 9.89. The van der Waals surface area contributed by atoms with Crippen molar-refractivity contribution in [3.8, 4) is 5.75 Å². The number of methoxy groups -OCH3 is 1. The van der Waals surface area contributed by atoms with Crippen LogP contribution >= 0.6 is 0 Å². The fourth-order valence-electron chi connectivity index (χ4n) is 2.91. The quantitative estimate of drug-likeness (QED) is 0.686. The molecule has 0 radical (unpaired) electrons. The normalized spacial score (nSPS) is 14.5. The van der Waals surface area contributed by atoms with Crippen LogP contribution in [0.3, 0.4) is 0 Å². The van der Waals surface area contributed by atoms with E-state index in [1.807, 2.05) is 6.07 Å². The first-order chi connectivity index (χ1) is 9.68. The summed E-state index contributed by atoms with van der Waals surface area (Å²) in [5, 5.41) is 0. The molecule has 1 aliphatic carbocycles. The summed E-state index contributed by atoms with van der Waals surface area (Å²) in [7, 11) is 0.128. The summed E-state index contributed by atoms with van der Waals surface area (Å²) in [6.07, 6.45) is 4.42. The number of rotatable bonds is 6. The van der Waals surface area contributed by atoms with E-state index >= 15 is 0 Å². The van der Waals surface area contributed by atoms with E-state index < -0.39 is 8.32 Å². The third-order valence-electron chi connectivity index (χ3n) is 4.58. The Labute approximate surface area is 123 Å². The molecule has 0 fully saturated rings. The van der Waals surface area contributed by atoms with Crippen molar-refractivity contribution in [2.75, 3.05) is 7.11 Å². The summed E-state index contributed by atoms with van der Waals surface area (Å²) in [4.78, 5) is 0. The third kappa shape index (κ3) is 2.93. The molecule has 20 heavy (non-hydrogen) atoms. The summed E-state index contributed by atoms with van der Waals surface area (Å²) in [5.41, 5.74) is 2.62. The van der Waals surface area contributed by atoms with Crippen LogP contribution in [0.5, 0.6) is 5.75 Å². The van der Waals surface area contributed by atoms with Gasteiger partial charge in [-0.1, -0.05) is 20.8 Å². The van der Waals surface area contributed by atoms with Crippen LogP contribution in [0, 0.1) is 0 Å². The van der Waals surface area contributed by atoms with E-state index in [2.05, 4.69) is 39.0 Å². The maximum absolute atomic E-state index is 6.59. The van der Waals surface area contributed by atoms with Crippen LogP contribution in [0.2, 0.25) is 18.1 Å². The molecule has 0 aliphatic heterocycles. The van der Waals surface area contributed by atoms with Crippen molar-refractivity contribution in [2.24, 2.45) is 0 Å². The first-order valence-corrected chi connectivity index (χ1v) is 10.3. The molecule has 1 aliphatic rings. The van der Waals surface area contributed by atoms with Gasteiger partial charge in [-0.15, -0.1) is 0 Å². The summed E-state index contributed by atoms with van der Waals surface area (Å²) in [5.74, 6) is 2.06. The van der Waals surface area contributed by atoms with Crippen LogP contribution in [-0.2, 0) is 10.8 Å². The summed E-state index contributed by atoms with van der Waals surface area (Å²) < 4.78 is 11.9. The first kappa shape index (κ1) is 15.2. The van der Waals surface area contributed by atoms with Crippen LogP contribution in [0.25, 0.3) is 5.76 Å². The SMILES string of the molecule is CC[Si](CC)(CC)OC1=CCCc2cc(OC)ccc21. The first-order valence-electron chi connectivity index (χ1n) is 7.74. The standard InChI is InChI=1S/C17H26O2Si/c1-5-20(6-2,7-3)19-17-10-8-9-14-13-15(18-4)11-12-16(14)17/h10-13H,5-9H2,1-4H3. The summed E-state index contributed by atoms with van der Waals surface area (Å²) in [6.45, 7) is 6.83. The van der Waals surface area contributed by atoms with Crippen LogP contribution in [0.1, 0.15) is 38.3 Å². The van der Waals surface area contributed by atoms with Gasteiger partial charge < -0.3 is 9.16 Å². The Hall–Kier alpha value is -1.22. The van der Waals surface area contributed by atoms with E-state index in [4.69, 9.17) is 9.16 Å². The lowest BCUT2D eigenvalue weighted by Gasteiger charge is -2.32. The zero-order valence-corrected chi connectivity index (χ0v) is 14.2. The predicted octanol–water partition coefficient (Wildman–Crippen LogP) is 5.00. The van der Waals surface area contributed by atoms with E-state index in [-0.39, 0.29) is 0 Å². The van der Waals surface area contributed by atoms with Gasteiger partial charge in [-0.05, 0) is 60.8 Å². The molecular formula is C17H26O2Si. The Morgan fingerprint density at radius 2 is 1.80 bits per heavy atom. The van der Waals surface area contributed by atoms with Crippen molar-refractivity contribution in [3.63, 3.8) is 0 Å². The molecule has 110 valence electrons. The highest BCUT2D eigenvalue weighted by molar-refractivity contribution is 6.74. The van der Waals surface area contributed by atoms with E-state index in [1.54, 1.807) is 7.11 Å². The van der Waals surface area contributed by atoms with Crippen molar-refractivity contribution in [1.82, 2.24) is 0 Å². The lowest BCUT2D eigenvalue weighted by Crippen LogP contribution is -2.35. The monoisotopic (exact) mass is 290 g/mol. The van der Waals surface area contributed by atoms with Gasteiger partial charge in [0.15, 0.2) is 0 Å². The van der Waals surface area contributed by atoms with E-state index in [1.165, 1.54) is 29.3 Å². The predicted molar refractivity (Wildman–Crippen MR) is 87.6 cm³/mol. The van der Waals surface area contributed by atoms with E-state index in [0.29, 0.717) is 0 Å². The molecule has 1 aromatic carbocycles. The molecule has 0 amide bonds. The lowest BCUT2D eigenvalue weighted by atomic mass is 9.96. The molecule has 0 N–H and O–H groups in total. The largest absolute Gasteiger partial charge is 0.543 e. The minimum atomic E-state index is -1.59. The zero-order valence-electron chi connectivity index (χ0n) is 13.2. The van der Waals surface area contributed by atoms with E-state index in [9.17, 15) is 0 Å². The number of hydrogen-bond acceptors (Lipinski definition) is 2. The Bertz CT molecular complexity index is 481. The molecule has 0 atom stereocenters. The zero-order chi connectivity index (χ0) is 14.6. The minimum absolute atomic E-state index is 0.940. The second-order valence-electron chi connectivity index (χ2n) is 5.48. The molecule has 1 aromatic rings. The van der Waals surface area contributed by atoms with Gasteiger partial charge in [-0.3, -0.25) is 0 Å². The van der Waals surface area contributed by atoms with Crippen molar-refractivity contribution in [3.05, 3.63) is 35.4 Å². The number of allylic oxidation sites excluding steroid dienone is 1. The van der Waals surface area contributed by atoms with Gasteiger partial charge in [0.2, 0.25) is 8.32 Å². The van der Waals surface area contributed by atoms with Crippen molar-refractivity contribution < 1.29 is 9.16 Å². The number of ether oxygens (including phenoxy) is 1. The van der Waals surface area contributed by atoms with Gasteiger partial charge >= 0.3 is 0 Å². The van der Waals surface area contributed by atoms with Crippen LogP contribution in [-0.4, -0.2) is 15.4 Å². The average Bonchev–Trinajstić information content (AvgIpc) is 2.52. The molecule has 2 rings (SSSR count). The van der Waals surface area contributed by atoms with Crippen LogP contribution in [0.15, 0.2) is 24.3 Å². The molecule has 2 nitrogen and oxygen atoms in total. The number of aryl methyl sites for hydroxylation is 1. The van der Waals surface area contributed by atoms with Gasteiger partial charge in [0.05, 0.1) is 7.11 Å². The topological polar surface area (TPSA) is 18.5 Å². The molecule has 0 saturated heterocycles. The third-order valence-corrected chi connectivity index (χ3v) is 9.10. The van der Waals surface area contributed by atoms with Gasteiger partial charge in [0, 0.05) is 5.56 Å². The molecule has 0 spiro atoms. The second-order valence-corrected chi connectivity index (χ2v) is 10.2. The maximum Gasteiger partial charge on any atom is 0.250 e. The van der Waals surface area contributed by atoms with Crippen molar-refractivity contribution >= 4 is 14.1 Å². The molecular weight excluding hydrogens is 264 g/mol. The molecule has 0 heterocycles. The van der Waals surface area contributed by atoms with Gasteiger partial charge in [-0.2, -0.15) is 0 Å². The van der Waals surface area contributed by atoms with Crippen LogP contribution < -0.4 is 4.74 Å². The fraction of sp³-hybridized carbons (Fsp3) is 0.529. The molecule has 0 saturated carbocycles. The van der Waals surface area contributed by atoms with Crippen molar-refractivity contribution in [2.45, 2.75) is 51.7 Å². The smallest absolute Gasteiger partial charge is 0.250 e. The number of hydrogen-bond donors (Lipinski definition) is 0. The fourth-order valence-corrected chi connectivity index (χ4v) is 5.50. The molecule has 3 heteroatoms. The number of benzene rings is 1. The van der Waals surface area contributed by atoms with Crippen molar-refractivity contribution in [1.29, 1.82) is 0 Å². The van der Waals surface area contributed by atoms with E-state index in [0.717, 1.165) is 24.4 Å². The van der Waals surface area contributed by atoms with Gasteiger partial charge in [-0.25, -0.2) is 0 Å². The molecule has 0 unspecified atom stereocenters. The summed E-state index contributed by atoms with van der Waals surface area (Å²) >= 11 is 0. The molecule has 0 aromatic heterocycles. The second kappa shape index (κ2) is 6.49. The maximum atomic E-state index is 6.59. The lowest BCUT2D eigenvalue weighted by molar-refractivity contribution is 0.414. The Balaban J connectivity index is 2.29. The highest BCUT2D eigenvalue weighted by Gasteiger charge is 2.32. The van der Waals surface area contributed by atoms with Gasteiger partial charge in [0.25, 0.3) is 0 Å². The Morgan fingerprint density at radius 1 is 1.10 bits per heavy atom. The number of fused-ring (bicyclic) bond motifs is 1. The Morgan fingerprint density at radius 3 is 2.40 bits per heavy atom. The minimum Gasteiger partial charge on any atom is -0.543 e. The highest BCUT2D eigenvalue weighted by Crippen LogP contribution is 2.35. The highest BCUT2D eigenvalue weighted by atomic mass is 28.4. The molecule has 0 bridgehead atoms. The van der Waals surface area contributed by atoms with Gasteiger partial charge in [0.1, 0.15) is 11.5 Å². The Kier molecular flexibility index (Phi) is 4.92.